The molecule has 4 aromatic rings. The van der Waals surface area contributed by atoms with Crippen LogP contribution < -0.4 is 15.9 Å². The first-order valence-corrected chi connectivity index (χ1v) is 14.0. The van der Waals surface area contributed by atoms with Crippen molar-refractivity contribution >= 4 is 35.6 Å². The lowest BCUT2D eigenvalue weighted by Gasteiger charge is -2.23. The molecule has 0 saturated heterocycles. The summed E-state index contributed by atoms with van der Waals surface area (Å²) in [5, 5.41) is 4.22. The molecule has 0 spiro atoms. The Balaban J connectivity index is 1.60. The summed E-state index contributed by atoms with van der Waals surface area (Å²) in [7, 11) is -0.544. The van der Waals surface area contributed by atoms with E-state index in [-0.39, 0.29) is 0 Å². The number of benzene rings is 4. The highest BCUT2D eigenvalue weighted by Crippen LogP contribution is 2.35. The van der Waals surface area contributed by atoms with Gasteiger partial charge in [0.05, 0.1) is 0 Å². The molecule has 0 nitrogen and oxygen atoms in total. The number of hydrogen-bond donors (Lipinski definition) is 0. The van der Waals surface area contributed by atoms with Crippen LogP contribution in [0.25, 0.3) is 0 Å². The average molecular weight is 455 g/mol. The summed E-state index contributed by atoms with van der Waals surface area (Å²) < 4.78 is 0. The largest absolute Gasteiger partial charge is 0.165 e. The van der Waals surface area contributed by atoms with E-state index in [1.807, 2.05) is 11.8 Å². The van der Waals surface area contributed by atoms with E-state index < -0.39 is 7.92 Å². The topological polar surface area (TPSA) is 0 Å². The van der Waals surface area contributed by atoms with Crippen molar-refractivity contribution in [1.82, 2.24) is 0 Å². The number of thioether (sulfide) groups is 1. The molecule has 4 aromatic carbocycles. The molecule has 2 heteroatoms. The molecule has 2 atom stereocenters. The summed E-state index contributed by atoms with van der Waals surface area (Å²) in [5.41, 5.74) is 2.90. The number of rotatable bonds is 9. The molecule has 4 rings (SSSR count). The average Bonchev–Trinajstić information content (AvgIpc) is 2.86. The van der Waals surface area contributed by atoms with E-state index in [2.05, 4.69) is 128 Å². The van der Waals surface area contributed by atoms with Crippen molar-refractivity contribution in [2.45, 2.75) is 25.2 Å². The van der Waals surface area contributed by atoms with Gasteiger partial charge in [0.15, 0.2) is 0 Å². The quantitative estimate of drug-likeness (QED) is 0.243. The molecule has 2 unspecified atom stereocenters. The van der Waals surface area contributed by atoms with Crippen LogP contribution in [-0.4, -0.2) is 12.0 Å². The van der Waals surface area contributed by atoms with E-state index in [1.54, 1.807) is 0 Å². The maximum absolute atomic E-state index is 2.38. The highest BCUT2D eigenvalue weighted by molar-refractivity contribution is 7.98. The summed E-state index contributed by atoms with van der Waals surface area (Å²) in [6.07, 6.45) is 3.40. The highest BCUT2D eigenvalue weighted by atomic mass is 32.2. The zero-order valence-electron chi connectivity index (χ0n) is 18.9. The van der Waals surface area contributed by atoms with Crippen LogP contribution in [-0.2, 0) is 0 Å². The van der Waals surface area contributed by atoms with Gasteiger partial charge in [0.1, 0.15) is 0 Å². The normalized spacial score (nSPS) is 13.1. The van der Waals surface area contributed by atoms with Crippen molar-refractivity contribution in [3.05, 3.63) is 126 Å². The van der Waals surface area contributed by atoms with E-state index in [4.69, 9.17) is 0 Å². The third-order valence-corrected chi connectivity index (χ3v) is 9.21. The van der Waals surface area contributed by atoms with Gasteiger partial charge < -0.3 is 0 Å². The van der Waals surface area contributed by atoms with E-state index >= 15 is 0 Å². The van der Waals surface area contributed by atoms with E-state index in [0.717, 1.165) is 5.75 Å². The van der Waals surface area contributed by atoms with Crippen LogP contribution >= 0.6 is 19.7 Å². The van der Waals surface area contributed by atoms with Crippen LogP contribution in [0.2, 0.25) is 0 Å². The smallest absolute Gasteiger partial charge is 0.000109 e. The van der Waals surface area contributed by atoms with Crippen molar-refractivity contribution in [2.75, 3.05) is 12.0 Å². The summed E-state index contributed by atoms with van der Waals surface area (Å²) in [6.45, 7) is 2.36. The van der Waals surface area contributed by atoms with Gasteiger partial charge in [-0.25, -0.2) is 0 Å². The second-order valence-electron chi connectivity index (χ2n) is 8.30. The van der Waals surface area contributed by atoms with Crippen molar-refractivity contribution in [3.63, 3.8) is 0 Å². The molecule has 0 radical (unpaired) electrons. The minimum absolute atomic E-state index is 0.544. The van der Waals surface area contributed by atoms with Crippen molar-refractivity contribution in [3.8, 4) is 0 Å². The first kappa shape index (κ1) is 22.8. The van der Waals surface area contributed by atoms with Gasteiger partial charge >= 0.3 is 0 Å². The molecule has 32 heavy (non-hydrogen) atoms. The predicted octanol–water partition coefficient (Wildman–Crippen LogP) is 7.09. The molecular formula is C30H31PS. The second-order valence-corrected chi connectivity index (χ2v) is 11.4. The Bertz CT molecular complexity index is 1020. The molecule has 0 aliphatic rings. The molecule has 0 aromatic heterocycles. The fourth-order valence-corrected chi connectivity index (χ4v) is 7.36. The van der Waals surface area contributed by atoms with Crippen molar-refractivity contribution in [2.24, 2.45) is 0 Å². The fraction of sp³-hybridized carbons (Fsp3) is 0.200. The predicted molar refractivity (Wildman–Crippen MR) is 146 cm³/mol. The molecule has 0 amide bonds. The fourth-order valence-electron chi connectivity index (χ4n) is 4.34. The SMILES string of the molecule is CSCC(CC(C)c1ccccc1)c1ccc(P(c2ccccc2)c2ccccc2)cc1. The van der Waals surface area contributed by atoms with Crippen molar-refractivity contribution < 1.29 is 0 Å². The zero-order valence-corrected chi connectivity index (χ0v) is 20.6. The minimum Gasteiger partial charge on any atom is -0.165 e. The third-order valence-electron chi connectivity index (χ3n) is 6.03. The third kappa shape index (κ3) is 5.71. The molecule has 0 bridgehead atoms. The van der Waals surface area contributed by atoms with Crippen LogP contribution in [0, 0.1) is 0 Å². The van der Waals surface area contributed by atoms with E-state index in [0.29, 0.717) is 11.8 Å². The zero-order chi connectivity index (χ0) is 22.2. The standard InChI is InChI=1S/C30H31PS/c1-24(25-12-6-3-7-13-25)22-27(23-32-2)26-18-20-30(21-19-26)31(28-14-8-4-9-15-28)29-16-10-5-11-17-29/h3-21,24,27H,22-23H2,1-2H3. The molecule has 0 saturated carbocycles. The van der Waals surface area contributed by atoms with Gasteiger partial charge in [-0.05, 0) is 65.2 Å². The maximum atomic E-state index is 2.38. The summed E-state index contributed by atoms with van der Waals surface area (Å²) >= 11 is 1.95. The van der Waals surface area contributed by atoms with E-state index in [1.165, 1.54) is 33.5 Å². The Morgan fingerprint density at radius 3 is 1.56 bits per heavy atom. The lowest BCUT2D eigenvalue weighted by molar-refractivity contribution is 0.599. The Kier molecular flexibility index (Phi) is 8.21. The van der Waals surface area contributed by atoms with E-state index in [9.17, 15) is 0 Å². The molecule has 162 valence electrons. The minimum atomic E-state index is -0.544. The Morgan fingerprint density at radius 1 is 0.594 bits per heavy atom. The van der Waals surface area contributed by atoms with Crippen molar-refractivity contribution in [1.29, 1.82) is 0 Å². The highest BCUT2D eigenvalue weighted by Gasteiger charge is 2.19. The van der Waals surface area contributed by atoms with Gasteiger partial charge in [-0.1, -0.05) is 122 Å². The van der Waals surface area contributed by atoms with Crippen LogP contribution in [0.4, 0.5) is 0 Å². The summed E-state index contributed by atoms with van der Waals surface area (Å²) in [6, 6.07) is 42.3. The van der Waals surface area contributed by atoms with Crippen LogP contribution in [0.1, 0.15) is 36.3 Å². The molecule has 0 heterocycles. The van der Waals surface area contributed by atoms with Gasteiger partial charge in [-0.15, -0.1) is 0 Å². The van der Waals surface area contributed by atoms with Gasteiger partial charge in [0, 0.05) is 0 Å². The molecule has 0 N–H and O–H groups in total. The number of hydrogen-bond acceptors (Lipinski definition) is 1. The van der Waals surface area contributed by atoms with Crippen LogP contribution in [0.5, 0.6) is 0 Å². The molecule has 0 aliphatic carbocycles. The summed E-state index contributed by atoms with van der Waals surface area (Å²) in [5.74, 6) is 2.27. The van der Waals surface area contributed by atoms with Gasteiger partial charge in [-0.2, -0.15) is 11.8 Å². The first-order chi connectivity index (χ1) is 15.8. The monoisotopic (exact) mass is 454 g/mol. The Labute approximate surface area is 198 Å². The van der Waals surface area contributed by atoms with Crippen LogP contribution in [0.3, 0.4) is 0 Å². The Hall–Kier alpha value is -2.34. The van der Waals surface area contributed by atoms with Gasteiger partial charge in [-0.3, -0.25) is 0 Å². The maximum Gasteiger partial charge on any atom is -0.000109 e. The first-order valence-electron chi connectivity index (χ1n) is 11.3. The lowest BCUT2D eigenvalue weighted by atomic mass is 9.87. The van der Waals surface area contributed by atoms with Crippen LogP contribution in [0.15, 0.2) is 115 Å². The lowest BCUT2D eigenvalue weighted by Crippen LogP contribution is -2.20. The second kappa shape index (κ2) is 11.5. The molecular weight excluding hydrogens is 423 g/mol. The van der Waals surface area contributed by atoms with Gasteiger partial charge in [0.2, 0.25) is 0 Å². The molecule has 0 aliphatic heterocycles. The Morgan fingerprint density at radius 2 is 1.06 bits per heavy atom. The summed E-state index contributed by atoms with van der Waals surface area (Å²) in [4.78, 5) is 0. The van der Waals surface area contributed by atoms with Gasteiger partial charge in [0.25, 0.3) is 0 Å². The molecule has 0 fully saturated rings.